The van der Waals surface area contributed by atoms with Gasteiger partial charge in [0.1, 0.15) is 0 Å². The molecule has 0 spiro atoms. The summed E-state index contributed by atoms with van der Waals surface area (Å²) >= 11 is 0. The predicted molar refractivity (Wildman–Crippen MR) is 46.7 cm³/mol. The molecule has 0 amide bonds. The van der Waals surface area contributed by atoms with Crippen molar-refractivity contribution in [1.82, 2.24) is 0 Å². The summed E-state index contributed by atoms with van der Waals surface area (Å²) in [6.45, 7) is 0. The average Bonchev–Trinajstić information content (AvgIpc) is 1.99. The molecule has 11 heavy (non-hydrogen) atoms. The summed E-state index contributed by atoms with van der Waals surface area (Å²) in [6, 6.07) is 0. The molecule has 0 atom stereocenters. The Bertz CT molecular complexity index is 20.5. The maximum Gasteiger partial charge on any atom is 2.00 e. The fourth-order valence-electron chi connectivity index (χ4n) is 0. The summed E-state index contributed by atoms with van der Waals surface area (Å²) in [4.78, 5) is 0. The minimum Gasteiger partial charge on any atom is -0.668 e. The third-order valence-corrected chi connectivity index (χ3v) is 0. The van der Waals surface area contributed by atoms with Gasteiger partial charge < -0.3 is 20.8 Å². The van der Waals surface area contributed by atoms with Crippen molar-refractivity contribution < 1.29 is 36.4 Å². The van der Waals surface area contributed by atoms with Crippen LogP contribution in [-0.4, -0.2) is 52.6 Å². The van der Waals surface area contributed by atoms with Crippen LogP contribution in [0.25, 0.3) is 10.6 Å². The Balaban J connectivity index is -0.0000000144. The van der Waals surface area contributed by atoms with Crippen LogP contribution in [-0.2, 0) is 26.2 Å². The largest absolute Gasteiger partial charge is 2.00 e. The minimum atomic E-state index is 0. The van der Waals surface area contributed by atoms with E-state index in [9.17, 15) is 0 Å². The van der Waals surface area contributed by atoms with Gasteiger partial charge in [-0.1, -0.05) is 0 Å². The summed E-state index contributed by atoms with van der Waals surface area (Å²) in [6.07, 6.45) is 0. The Morgan fingerprint density at radius 3 is 0.636 bits per heavy atom. The van der Waals surface area contributed by atoms with Crippen LogP contribution in [0.15, 0.2) is 0 Å². The van der Waals surface area contributed by atoms with E-state index in [0.29, 0.717) is 0 Å². The van der Waals surface area contributed by atoms with Crippen LogP contribution in [0.3, 0.4) is 0 Å². The van der Waals surface area contributed by atoms with Gasteiger partial charge in [-0.15, -0.1) is 0 Å². The molecule has 0 rings (SSSR count). The maximum atomic E-state index is 7.00. The molecule has 0 heterocycles. The Morgan fingerprint density at radius 1 is 0.636 bits per heavy atom. The Labute approximate surface area is 89.5 Å². The van der Waals surface area contributed by atoms with Crippen molar-refractivity contribution in [2.45, 2.75) is 0 Å². The molecular weight excluding hydrogens is 223 g/mol. The summed E-state index contributed by atoms with van der Waals surface area (Å²) in [7, 11) is 9.00. The van der Waals surface area contributed by atoms with E-state index in [0.717, 1.165) is 14.2 Å². The molecule has 5 heteroatoms. The summed E-state index contributed by atoms with van der Waals surface area (Å²) in [5.41, 5.74) is 0. The van der Waals surface area contributed by atoms with Crippen LogP contribution in [0.2, 0.25) is 0 Å². The third kappa shape index (κ3) is 1560. The molecule has 0 radical (unpaired) electrons. The molecule has 0 aliphatic heterocycles. The van der Waals surface area contributed by atoms with Crippen LogP contribution in [0, 0.1) is 0 Å². The maximum absolute atomic E-state index is 7.00. The quantitative estimate of drug-likeness (QED) is 0.649. The minimum absolute atomic E-state index is 0. The van der Waals surface area contributed by atoms with Crippen molar-refractivity contribution in [2.75, 3.05) is 42.4 Å². The first-order chi connectivity index (χ1) is 4.83. The molecule has 0 saturated carbocycles. The van der Waals surface area contributed by atoms with Gasteiger partial charge in [0.25, 0.3) is 0 Å². The zero-order chi connectivity index (χ0) is 9.41. The number of nitrogens with zero attached hydrogens (tertiary/aromatic N) is 2. The summed E-state index contributed by atoms with van der Waals surface area (Å²) in [5.74, 6) is 0. The second kappa shape index (κ2) is 137. The molecule has 0 aromatic rings. The van der Waals surface area contributed by atoms with Crippen LogP contribution < -0.4 is 0 Å². The number of hydrogen-bond acceptors (Lipinski definition) is 2. The second-order valence-corrected chi connectivity index (χ2v) is 0.894. The molecule has 70 valence electrons. The van der Waals surface area contributed by atoms with E-state index in [2.05, 4.69) is 10.6 Å². The van der Waals surface area contributed by atoms with Gasteiger partial charge in [-0.25, -0.2) is 0 Å². The number of aliphatic hydroxyl groups excluding tert-OH is 2. The van der Waals surface area contributed by atoms with Gasteiger partial charge in [-0.3, -0.25) is 0 Å². The molecule has 0 aliphatic rings. The van der Waals surface area contributed by atoms with Gasteiger partial charge in [-0.05, 0) is 0 Å². The normalized spacial score (nSPS) is 4.36. The van der Waals surface area contributed by atoms with Gasteiger partial charge in [0, 0.05) is 14.2 Å². The smallest absolute Gasteiger partial charge is 0.668 e. The van der Waals surface area contributed by atoms with E-state index in [1.54, 1.807) is 28.2 Å². The van der Waals surface area contributed by atoms with Gasteiger partial charge in [0.15, 0.2) is 0 Å². The SMILES string of the molecule is CO.CO.C[N-]C.C[N-]C.[Zr+2]. The van der Waals surface area contributed by atoms with Crippen molar-refractivity contribution in [3.8, 4) is 0 Å². The van der Waals surface area contributed by atoms with E-state index in [-0.39, 0.29) is 26.2 Å². The molecule has 0 aliphatic carbocycles. The molecule has 0 unspecified atom stereocenters. The monoisotopic (exact) mass is 242 g/mol. The van der Waals surface area contributed by atoms with Crippen molar-refractivity contribution in [3.63, 3.8) is 0 Å². The van der Waals surface area contributed by atoms with Gasteiger partial charge in [0.05, 0.1) is 0 Å². The van der Waals surface area contributed by atoms with Crippen LogP contribution in [0.1, 0.15) is 0 Å². The molecule has 0 bridgehead atoms. The van der Waals surface area contributed by atoms with E-state index in [1.807, 2.05) is 0 Å². The average molecular weight is 243 g/mol. The molecule has 0 fully saturated rings. The first-order valence-corrected chi connectivity index (χ1v) is 2.68. The van der Waals surface area contributed by atoms with Crippen LogP contribution in [0.4, 0.5) is 0 Å². The standard InChI is InChI=1S/2C2H6N.2CH4O.Zr/c2*1-3-2;2*1-2;/h2*1-2H3;2*2H,1H3;/q2*-1;;;+2. The van der Waals surface area contributed by atoms with E-state index >= 15 is 0 Å². The molecule has 2 N–H and O–H groups in total. The Hall–Kier alpha value is 0.723. The summed E-state index contributed by atoms with van der Waals surface area (Å²) < 4.78 is 0. The second-order valence-electron chi connectivity index (χ2n) is 0.894. The van der Waals surface area contributed by atoms with Crippen molar-refractivity contribution in [3.05, 3.63) is 10.6 Å². The number of aliphatic hydroxyl groups is 2. The van der Waals surface area contributed by atoms with Crippen LogP contribution >= 0.6 is 0 Å². The van der Waals surface area contributed by atoms with Gasteiger partial charge in [0.2, 0.25) is 0 Å². The molecule has 4 nitrogen and oxygen atoms in total. The number of hydrogen-bond donors (Lipinski definition) is 2. The fraction of sp³-hybridized carbons (Fsp3) is 1.00. The fourth-order valence-corrected chi connectivity index (χ4v) is 0. The van der Waals surface area contributed by atoms with E-state index in [1.165, 1.54) is 0 Å². The van der Waals surface area contributed by atoms with Crippen molar-refractivity contribution >= 4 is 0 Å². The zero-order valence-electron chi connectivity index (χ0n) is 8.29. The van der Waals surface area contributed by atoms with Gasteiger partial charge in [-0.2, -0.15) is 28.2 Å². The van der Waals surface area contributed by atoms with E-state index < -0.39 is 0 Å². The zero-order valence-corrected chi connectivity index (χ0v) is 10.7. The van der Waals surface area contributed by atoms with Gasteiger partial charge >= 0.3 is 26.2 Å². The van der Waals surface area contributed by atoms with Crippen LogP contribution in [0.5, 0.6) is 0 Å². The topological polar surface area (TPSA) is 68.7 Å². The first kappa shape index (κ1) is 29.8. The third-order valence-electron chi connectivity index (χ3n) is 0. The van der Waals surface area contributed by atoms with Crippen molar-refractivity contribution in [2.24, 2.45) is 0 Å². The van der Waals surface area contributed by atoms with Crippen molar-refractivity contribution in [1.29, 1.82) is 0 Å². The Kier molecular flexibility index (Phi) is 371. The first-order valence-electron chi connectivity index (χ1n) is 2.68. The summed E-state index contributed by atoms with van der Waals surface area (Å²) in [5, 5.41) is 21.0. The molecular formula is C6H20N2O2Zr. The molecule has 0 aromatic carbocycles. The molecule has 0 aromatic heterocycles. The van der Waals surface area contributed by atoms with E-state index in [4.69, 9.17) is 10.2 Å². The predicted octanol–water partition coefficient (Wildman–Crippen LogP) is 0.454. The Morgan fingerprint density at radius 2 is 0.636 bits per heavy atom. The molecule has 0 saturated heterocycles. The number of rotatable bonds is 0.